The van der Waals surface area contributed by atoms with Gasteiger partial charge in [0.1, 0.15) is 0 Å². The van der Waals surface area contributed by atoms with Crippen molar-refractivity contribution >= 4 is 27.2 Å². The van der Waals surface area contributed by atoms with Crippen LogP contribution in [0.5, 0.6) is 0 Å². The molecule has 0 aromatic rings. The van der Waals surface area contributed by atoms with Gasteiger partial charge in [-0.3, -0.25) is 0 Å². The zero-order chi connectivity index (χ0) is 9.19. The van der Waals surface area contributed by atoms with Crippen molar-refractivity contribution in [2.24, 2.45) is 11.7 Å². The van der Waals surface area contributed by atoms with Crippen molar-refractivity contribution in [2.45, 2.75) is 12.8 Å². The molecule has 0 amide bonds. The molecule has 0 saturated heterocycles. The number of hydrogen-bond donors (Lipinski definition) is 2. The Kier molecular flexibility index (Phi) is 3.03. The molecular weight excluding hydrogens is 196 g/mol. The Morgan fingerprint density at radius 1 is 1.58 bits per heavy atom. The first-order valence-electron chi connectivity index (χ1n) is 3.75. The first-order valence-corrected chi connectivity index (χ1v) is 5.81. The van der Waals surface area contributed by atoms with Gasteiger partial charge >= 0.3 is 0 Å². The van der Waals surface area contributed by atoms with Crippen molar-refractivity contribution in [1.29, 1.82) is 0 Å². The number of nitrogens with two attached hydrogens (primary N) is 1. The highest BCUT2D eigenvalue weighted by Gasteiger charge is 2.27. The number of hydrogen-bond acceptors (Lipinski definition) is 3. The van der Waals surface area contributed by atoms with Crippen molar-refractivity contribution < 1.29 is 8.42 Å². The number of thiocarbonyl (C=S) groups is 1. The number of sulfonamides is 1. The lowest BCUT2D eigenvalue weighted by Crippen LogP contribution is -2.34. The first-order chi connectivity index (χ1) is 5.49. The van der Waals surface area contributed by atoms with E-state index in [9.17, 15) is 8.42 Å². The molecule has 0 aliphatic heterocycles. The Hall–Kier alpha value is -0.200. The lowest BCUT2D eigenvalue weighted by atomic mass is 10.5. The van der Waals surface area contributed by atoms with Crippen LogP contribution in [0.15, 0.2) is 0 Å². The fraction of sp³-hybridized carbons (Fsp3) is 0.833. The Morgan fingerprint density at radius 3 is 2.58 bits per heavy atom. The van der Waals surface area contributed by atoms with Crippen LogP contribution in [0.2, 0.25) is 0 Å². The molecule has 0 aromatic heterocycles. The lowest BCUT2D eigenvalue weighted by Gasteiger charge is -2.03. The average Bonchev–Trinajstić information content (AvgIpc) is 2.67. The number of rotatable bonds is 5. The summed E-state index contributed by atoms with van der Waals surface area (Å²) < 4.78 is 24.7. The molecule has 12 heavy (non-hydrogen) atoms. The second kappa shape index (κ2) is 3.68. The molecule has 1 rings (SSSR count). The summed E-state index contributed by atoms with van der Waals surface area (Å²) in [5.74, 6) is 0.573. The molecular formula is C6H12N2O2S2. The highest BCUT2D eigenvalue weighted by atomic mass is 32.2. The molecule has 1 aliphatic carbocycles. The maximum absolute atomic E-state index is 11.2. The molecule has 3 N–H and O–H groups in total. The zero-order valence-corrected chi connectivity index (χ0v) is 8.25. The van der Waals surface area contributed by atoms with E-state index in [2.05, 4.69) is 16.9 Å². The van der Waals surface area contributed by atoms with Crippen molar-refractivity contribution in [2.75, 3.05) is 12.3 Å². The topological polar surface area (TPSA) is 72.2 Å². The minimum absolute atomic E-state index is 0.0738. The van der Waals surface area contributed by atoms with Crippen LogP contribution in [0.4, 0.5) is 0 Å². The lowest BCUT2D eigenvalue weighted by molar-refractivity contribution is 0.582. The van der Waals surface area contributed by atoms with E-state index in [4.69, 9.17) is 5.73 Å². The van der Waals surface area contributed by atoms with E-state index in [0.717, 1.165) is 12.8 Å². The van der Waals surface area contributed by atoms with E-state index >= 15 is 0 Å². The Morgan fingerprint density at radius 2 is 2.17 bits per heavy atom. The molecule has 0 bridgehead atoms. The maximum Gasteiger partial charge on any atom is 0.212 e. The summed E-state index contributed by atoms with van der Waals surface area (Å²) in [6, 6.07) is 0. The van der Waals surface area contributed by atoms with Gasteiger partial charge < -0.3 is 5.73 Å². The standard InChI is InChI=1S/C6H12N2O2S2/c7-6(11)3-8-12(9,10)4-5-1-2-5/h5,8H,1-4H2,(H2,7,11). The van der Waals surface area contributed by atoms with E-state index < -0.39 is 10.0 Å². The molecule has 4 nitrogen and oxygen atoms in total. The van der Waals surface area contributed by atoms with E-state index in [0.29, 0.717) is 5.92 Å². The summed E-state index contributed by atoms with van der Waals surface area (Å²) in [6.07, 6.45) is 2.04. The molecule has 0 atom stereocenters. The van der Waals surface area contributed by atoms with Gasteiger partial charge in [0.15, 0.2) is 0 Å². The van der Waals surface area contributed by atoms with Crippen LogP contribution in [-0.4, -0.2) is 25.7 Å². The highest BCUT2D eigenvalue weighted by Crippen LogP contribution is 2.29. The van der Waals surface area contributed by atoms with Crippen LogP contribution in [0.3, 0.4) is 0 Å². The third-order valence-electron chi connectivity index (χ3n) is 1.62. The second-order valence-electron chi connectivity index (χ2n) is 3.01. The van der Waals surface area contributed by atoms with Crippen LogP contribution >= 0.6 is 12.2 Å². The van der Waals surface area contributed by atoms with Gasteiger partial charge in [-0.2, -0.15) is 0 Å². The van der Waals surface area contributed by atoms with Gasteiger partial charge in [0.05, 0.1) is 17.3 Å². The predicted molar refractivity (Wildman–Crippen MR) is 51.3 cm³/mol. The molecule has 1 aliphatic rings. The third-order valence-corrected chi connectivity index (χ3v) is 3.26. The van der Waals surface area contributed by atoms with Gasteiger partial charge in [0.2, 0.25) is 10.0 Å². The quantitative estimate of drug-likeness (QED) is 0.603. The smallest absolute Gasteiger partial charge is 0.212 e. The fourth-order valence-electron chi connectivity index (χ4n) is 0.835. The normalized spacial score (nSPS) is 17.7. The monoisotopic (exact) mass is 208 g/mol. The van der Waals surface area contributed by atoms with E-state index in [1.165, 1.54) is 0 Å². The van der Waals surface area contributed by atoms with Gasteiger partial charge in [-0.1, -0.05) is 12.2 Å². The third kappa shape index (κ3) is 3.99. The van der Waals surface area contributed by atoms with Crippen LogP contribution in [0.25, 0.3) is 0 Å². The first kappa shape index (κ1) is 9.88. The molecule has 0 heterocycles. The van der Waals surface area contributed by atoms with Crippen molar-refractivity contribution in [3.8, 4) is 0 Å². The van der Waals surface area contributed by atoms with Gasteiger partial charge in [0.25, 0.3) is 0 Å². The minimum atomic E-state index is -3.13. The largest absolute Gasteiger partial charge is 0.392 e. The van der Waals surface area contributed by atoms with Gasteiger partial charge in [-0.15, -0.1) is 0 Å². The number of nitrogens with one attached hydrogen (secondary N) is 1. The fourth-order valence-corrected chi connectivity index (χ4v) is 2.45. The Balaban J connectivity index is 2.31. The molecule has 0 unspecified atom stereocenters. The van der Waals surface area contributed by atoms with E-state index in [1.54, 1.807) is 0 Å². The van der Waals surface area contributed by atoms with Crippen molar-refractivity contribution in [1.82, 2.24) is 4.72 Å². The summed E-state index contributed by atoms with van der Waals surface area (Å²) in [7, 11) is -3.13. The molecule has 6 heteroatoms. The summed E-state index contributed by atoms with van der Waals surface area (Å²) in [6.45, 7) is 0.0738. The second-order valence-corrected chi connectivity index (χ2v) is 5.39. The zero-order valence-electron chi connectivity index (χ0n) is 6.62. The van der Waals surface area contributed by atoms with Crippen molar-refractivity contribution in [3.05, 3.63) is 0 Å². The predicted octanol–water partition coefficient (Wildman–Crippen LogP) is -0.398. The van der Waals surface area contributed by atoms with Gasteiger partial charge in [-0.25, -0.2) is 13.1 Å². The molecule has 0 spiro atoms. The molecule has 70 valence electrons. The maximum atomic E-state index is 11.2. The molecule has 0 radical (unpaired) electrons. The average molecular weight is 208 g/mol. The van der Waals surface area contributed by atoms with Crippen molar-refractivity contribution in [3.63, 3.8) is 0 Å². The van der Waals surface area contributed by atoms with Crippen LogP contribution in [0, 0.1) is 5.92 Å². The molecule has 1 fully saturated rings. The molecule has 1 saturated carbocycles. The molecule has 0 aromatic carbocycles. The van der Waals surface area contributed by atoms with E-state index in [1.807, 2.05) is 0 Å². The highest BCUT2D eigenvalue weighted by molar-refractivity contribution is 7.89. The van der Waals surface area contributed by atoms with E-state index in [-0.39, 0.29) is 17.3 Å². The van der Waals surface area contributed by atoms with Crippen LogP contribution in [0.1, 0.15) is 12.8 Å². The van der Waals surface area contributed by atoms with Gasteiger partial charge in [0, 0.05) is 0 Å². The SMILES string of the molecule is NC(=S)CNS(=O)(=O)CC1CC1. The summed E-state index contributed by atoms with van der Waals surface area (Å²) in [5.41, 5.74) is 5.15. The summed E-state index contributed by atoms with van der Waals surface area (Å²) in [4.78, 5) is 0.175. The summed E-state index contributed by atoms with van der Waals surface area (Å²) in [5, 5.41) is 0. The Bertz CT molecular complexity index is 269. The van der Waals surface area contributed by atoms with Gasteiger partial charge in [-0.05, 0) is 18.8 Å². The minimum Gasteiger partial charge on any atom is -0.392 e. The summed E-state index contributed by atoms with van der Waals surface area (Å²) >= 11 is 4.54. The van der Waals surface area contributed by atoms with Crippen LogP contribution in [-0.2, 0) is 10.0 Å². The van der Waals surface area contributed by atoms with Crippen LogP contribution < -0.4 is 10.5 Å². The Labute approximate surface area is 77.6 Å².